The second-order valence-corrected chi connectivity index (χ2v) is 8.48. The molecule has 1 atom stereocenters. The Morgan fingerprint density at radius 2 is 1.87 bits per heavy atom. The molecule has 2 aromatic heterocycles. The number of ether oxygens (including phenoxy) is 1. The fraction of sp³-hybridized carbons (Fsp3) is 0.450. The van der Waals surface area contributed by atoms with E-state index in [2.05, 4.69) is 9.88 Å². The van der Waals surface area contributed by atoms with Gasteiger partial charge >= 0.3 is 5.69 Å². The van der Waals surface area contributed by atoms with E-state index >= 15 is 0 Å². The summed E-state index contributed by atoms with van der Waals surface area (Å²) in [5.41, 5.74) is -0.333. The molecule has 0 unspecified atom stereocenters. The largest absolute Gasteiger partial charge is 0.489 e. The SMILES string of the molecule is Cn1c(=O)c2c(nc(N3CCCC3)n2C[C@H](O)COc2ccc(Cl)cc2Cl)n(C)c1=O. The second kappa shape index (κ2) is 8.57. The number of benzene rings is 1. The minimum absolute atomic E-state index is 0.0491. The fourth-order valence-electron chi connectivity index (χ4n) is 3.81. The van der Waals surface area contributed by atoms with Gasteiger partial charge in [0.25, 0.3) is 5.56 Å². The number of nitrogens with zero attached hydrogens (tertiary/aromatic N) is 5. The van der Waals surface area contributed by atoms with Gasteiger partial charge in [-0.3, -0.25) is 13.9 Å². The van der Waals surface area contributed by atoms with Gasteiger partial charge in [-0.25, -0.2) is 4.79 Å². The van der Waals surface area contributed by atoms with Crippen LogP contribution in [-0.2, 0) is 20.6 Å². The molecule has 11 heteroatoms. The van der Waals surface area contributed by atoms with Gasteiger partial charge in [-0.05, 0) is 31.0 Å². The van der Waals surface area contributed by atoms with E-state index in [0.717, 1.165) is 30.5 Å². The van der Waals surface area contributed by atoms with Gasteiger partial charge in [0.05, 0.1) is 11.6 Å². The molecule has 1 aliphatic heterocycles. The first kappa shape index (κ1) is 21.7. The van der Waals surface area contributed by atoms with E-state index in [1.165, 1.54) is 11.6 Å². The zero-order valence-corrected chi connectivity index (χ0v) is 18.7. The number of hydrogen-bond donors (Lipinski definition) is 1. The topological polar surface area (TPSA) is 94.5 Å². The smallest absolute Gasteiger partial charge is 0.332 e. The van der Waals surface area contributed by atoms with E-state index in [-0.39, 0.29) is 18.7 Å². The van der Waals surface area contributed by atoms with E-state index in [0.29, 0.717) is 27.4 Å². The Morgan fingerprint density at radius 3 is 2.55 bits per heavy atom. The summed E-state index contributed by atoms with van der Waals surface area (Å²) in [6, 6.07) is 4.84. The van der Waals surface area contributed by atoms with Crippen LogP contribution >= 0.6 is 23.2 Å². The summed E-state index contributed by atoms with van der Waals surface area (Å²) in [7, 11) is 3.01. The maximum Gasteiger partial charge on any atom is 0.332 e. The number of aromatic nitrogens is 4. The van der Waals surface area contributed by atoms with Crippen molar-refractivity contribution in [1.29, 1.82) is 0 Å². The lowest BCUT2D eigenvalue weighted by atomic mass is 10.3. The normalized spacial score (nSPS) is 15.1. The number of anilines is 1. The molecule has 0 amide bonds. The number of aryl methyl sites for hydroxylation is 1. The zero-order chi connectivity index (χ0) is 22.3. The van der Waals surface area contributed by atoms with E-state index in [1.54, 1.807) is 29.8 Å². The van der Waals surface area contributed by atoms with Crippen LogP contribution in [0.25, 0.3) is 11.2 Å². The van der Waals surface area contributed by atoms with Gasteiger partial charge in [-0.1, -0.05) is 23.2 Å². The summed E-state index contributed by atoms with van der Waals surface area (Å²) >= 11 is 12.0. The van der Waals surface area contributed by atoms with Crippen LogP contribution in [0.2, 0.25) is 10.0 Å². The predicted octanol–water partition coefficient (Wildman–Crippen LogP) is 1.78. The maximum atomic E-state index is 12.9. The van der Waals surface area contributed by atoms with Crippen molar-refractivity contribution in [2.24, 2.45) is 14.1 Å². The third kappa shape index (κ3) is 4.05. The summed E-state index contributed by atoms with van der Waals surface area (Å²) in [5.74, 6) is 0.966. The van der Waals surface area contributed by atoms with Crippen molar-refractivity contribution in [3.8, 4) is 5.75 Å². The Morgan fingerprint density at radius 1 is 1.16 bits per heavy atom. The molecule has 9 nitrogen and oxygen atoms in total. The first-order valence-corrected chi connectivity index (χ1v) is 10.7. The lowest BCUT2D eigenvalue weighted by molar-refractivity contribution is 0.0937. The first-order valence-electron chi connectivity index (χ1n) is 9.95. The molecule has 1 aromatic carbocycles. The van der Waals surface area contributed by atoms with Crippen LogP contribution in [0.4, 0.5) is 5.95 Å². The Balaban J connectivity index is 1.68. The van der Waals surface area contributed by atoms with Crippen molar-refractivity contribution in [3.05, 3.63) is 49.1 Å². The number of aliphatic hydroxyl groups excluding tert-OH is 1. The van der Waals surface area contributed by atoms with Crippen LogP contribution in [0.5, 0.6) is 5.75 Å². The number of aliphatic hydroxyl groups is 1. The zero-order valence-electron chi connectivity index (χ0n) is 17.2. The van der Waals surface area contributed by atoms with E-state index < -0.39 is 17.4 Å². The van der Waals surface area contributed by atoms with Crippen molar-refractivity contribution in [1.82, 2.24) is 18.7 Å². The van der Waals surface area contributed by atoms with Gasteiger partial charge in [0.2, 0.25) is 5.95 Å². The van der Waals surface area contributed by atoms with Crippen LogP contribution in [0.15, 0.2) is 27.8 Å². The average molecular weight is 468 g/mol. The highest BCUT2D eigenvalue weighted by Crippen LogP contribution is 2.28. The fourth-order valence-corrected chi connectivity index (χ4v) is 4.27. The summed E-state index contributed by atoms with van der Waals surface area (Å²) in [6.07, 6.45) is 1.08. The number of rotatable bonds is 6. The Hall–Kier alpha value is -2.49. The number of halogens is 2. The molecule has 3 heterocycles. The van der Waals surface area contributed by atoms with Gasteiger partial charge < -0.3 is 19.3 Å². The third-order valence-corrected chi connectivity index (χ3v) is 5.97. The molecule has 1 N–H and O–H groups in total. The first-order chi connectivity index (χ1) is 14.8. The van der Waals surface area contributed by atoms with Crippen LogP contribution in [0, 0.1) is 0 Å². The van der Waals surface area contributed by atoms with Gasteiger partial charge in [-0.2, -0.15) is 4.98 Å². The van der Waals surface area contributed by atoms with Crippen LogP contribution < -0.4 is 20.9 Å². The summed E-state index contributed by atoms with van der Waals surface area (Å²) in [5, 5.41) is 11.5. The predicted molar refractivity (Wildman–Crippen MR) is 120 cm³/mol. The molecule has 4 rings (SSSR count). The quantitative estimate of drug-likeness (QED) is 0.593. The molecule has 0 aliphatic carbocycles. The Bertz CT molecular complexity index is 1240. The second-order valence-electron chi connectivity index (χ2n) is 7.63. The molecule has 1 aliphatic rings. The van der Waals surface area contributed by atoms with E-state index in [4.69, 9.17) is 27.9 Å². The molecule has 0 saturated carbocycles. The number of imidazole rings is 1. The van der Waals surface area contributed by atoms with Gasteiger partial charge in [-0.15, -0.1) is 0 Å². The maximum absolute atomic E-state index is 12.9. The third-order valence-electron chi connectivity index (χ3n) is 5.44. The molecule has 166 valence electrons. The molecular formula is C20H23Cl2N5O4. The van der Waals surface area contributed by atoms with Gasteiger partial charge in [0.1, 0.15) is 18.5 Å². The standard InChI is InChI=1S/C20H23Cl2N5O4/c1-24-17-16(18(29)25(2)20(24)30)27(19(23-17)26-7-3-4-8-26)10-13(28)11-31-15-6-5-12(21)9-14(15)22/h5-6,9,13,28H,3-4,7-8,10-11H2,1-2H3/t13-/m0/s1. The van der Waals surface area contributed by atoms with E-state index in [9.17, 15) is 14.7 Å². The van der Waals surface area contributed by atoms with Crippen molar-refractivity contribution >= 4 is 40.3 Å². The molecule has 31 heavy (non-hydrogen) atoms. The number of hydrogen-bond acceptors (Lipinski definition) is 6. The molecule has 0 bridgehead atoms. The van der Waals surface area contributed by atoms with Crippen LogP contribution in [0.3, 0.4) is 0 Å². The van der Waals surface area contributed by atoms with Crippen molar-refractivity contribution in [3.63, 3.8) is 0 Å². The van der Waals surface area contributed by atoms with Gasteiger partial charge in [0, 0.05) is 32.2 Å². The van der Waals surface area contributed by atoms with Gasteiger partial charge in [0.15, 0.2) is 11.2 Å². The molecule has 3 aromatic rings. The monoisotopic (exact) mass is 467 g/mol. The highest BCUT2D eigenvalue weighted by molar-refractivity contribution is 6.35. The van der Waals surface area contributed by atoms with Crippen LogP contribution in [0.1, 0.15) is 12.8 Å². The Kier molecular flexibility index (Phi) is 6.00. The lowest BCUT2D eigenvalue weighted by Gasteiger charge is -2.20. The number of fused-ring (bicyclic) bond motifs is 1. The summed E-state index contributed by atoms with van der Waals surface area (Å²) < 4.78 is 9.73. The van der Waals surface area contributed by atoms with Crippen molar-refractivity contribution in [2.45, 2.75) is 25.5 Å². The molecule has 1 saturated heterocycles. The molecule has 0 spiro atoms. The van der Waals surface area contributed by atoms with Crippen molar-refractivity contribution in [2.75, 3.05) is 24.6 Å². The lowest BCUT2D eigenvalue weighted by Crippen LogP contribution is -2.38. The summed E-state index contributed by atoms with van der Waals surface area (Å²) in [6.45, 7) is 1.61. The minimum Gasteiger partial charge on any atom is -0.489 e. The van der Waals surface area contributed by atoms with E-state index in [1.807, 2.05) is 0 Å². The molecular weight excluding hydrogens is 445 g/mol. The molecule has 0 radical (unpaired) electrons. The van der Waals surface area contributed by atoms with Crippen LogP contribution in [-0.4, -0.2) is 49.6 Å². The highest BCUT2D eigenvalue weighted by Gasteiger charge is 2.26. The average Bonchev–Trinajstić information content (AvgIpc) is 3.38. The van der Waals surface area contributed by atoms with Crippen molar-refractivity contribution < 1.29 is 9.84 Å². The minimum atomic E-state index is -0.951. The summed E-state index contributed by atoms with van der Waals surface area (Å²) in [4.78, 5) is 31.9. The highest BCUT2D eigenvalue weighted by atomic mass is 35.5. The molecule has 1 fully saturated rings. The Labute approximate surface area is 188 Å².